The van der Waals surface area contributed by atoms with Crippen LogP contribution in [0.2, 0.25) is 0 Å². The van der Waals surface area contributed by atoms with Crippen LogP contribution in [-0.2, 0) is 76.0 Å². The first-order chi connectivity index (χ1) is 31.0. The second-order valence-corrected chi connectivity index (χ2v) is 16.5. The van der Waals surface area contributed by atoms with Crippen molar-refractivity contribution in [3.63, 3.8) is 0 Å². The number of esters is 4. The molecule has 65 heavy (non-hydrogen) atoms. The highest BCUT2D eigenvalue weighted by Gasteiger charge is 2.46. The summed E-state index contributed by atoms with van der Waals surface area (Å²) in [5.41, 5.74) is -7.34. The zero-order valence-electron chi connectivity index (χ0n) is 39.4. The minimum Gasteiger partial charge on any atom is -0.464 e. The smallest absolute Gasteiger partial charge is 0.316 e. The van der Waals surface area contributed by atoms with Crippen molar-refractivity contribution in [3.8, 4) is 0 Å². The van der Waals surface area contributed by atoms with Gasteiger partial charge < -0.3 is 56.8 Å². The van der Waals surface area contributed by atoms with Crippen LogP contribution in [0.5, 0.6) is 0 Å². The molecule has 0 saturated carbocycles. The van der Waals surface area contributed by atoms with Crippen LogP contribution in [0, 0.1) is 27.1 Å². The minimum absolute atomic E-state index is 0.125. The van der Waals surface area contributed by atoms with E-state index in [0.29, 0.717) is 0 Å². The third-order valence-corrected chi connectivity index (χ3v) is 9.26. The fraction of sp³-hybridized carbons (Fsp3) is 0.592. The summed E-state index contributed by atoms with van der Waals surface area (Å²) in [4.78, 5) is 56.7. The molecule has 0 N–H and O–H groups in total. The van der Waals surface area contributed by atoms with Crippen LogP contribution >= 0.6 is 0 Å². The number of ether oxygens (including phenoxy) is 12. The predicted octanol–water partition coefficient (Wildman–Crippen LogP) is 5.79. The van der Waals surface area contributed by atoms with E-state index in [0.717, 1.165) is 0 Å². The quantitative estimate of drug-likeness (QED) is 0.0310. The Morgan fingerprint density at radius 3 is 0.554 bits per heavy atom. The van der Waals surface area contributed by atoms with E-state index in [1.807, 2.05) is 0 Å². The van der Waals surface area contributed by atoms with E-state index in [1.165, 1.54) is 48.6 Å². The van der Waals surface area contributed by atoms with Gasteiger partial charge in [-0.25, -0.2) is 0 Å². The average molecular weight is 921 g/mol. The highest BCUT2D eigenvalue weighted by molar-refractivity contribution is 5.79. The van der Waals surface area contributed by atoms with Crippen molar-refractivity contribution in [3.05, 3.63) is 101 Å². The Labute approximate surface area is 387 Å². The molecular formula is C49H76O16. The lowest BCUT2D eigenvalue weighted by molar-refractivity contribution is -0.189. The molecule has 0 fully saturated rings. The van der Waals surface area contributed by atoms with Crippen LogP contribution in [-0.4, -0.2) is 156 Å². The van der Waals surface area contributed by atoms with Gasteiger partial charge in [0.25, 0.3) is 0 Å². The van der Waals surface area contributed by atoms with Gasteiger partial charge in [0, 0.05) is 0 Å². The lowest BCUT2D eigenvalue weighted by Gasteiger charge is -2.37. The summed E-state index contributed by atoms with van der Waals surface area (Å²) < 4.78 is 69.6. The summed E-state index contributed by atoms with van der Waals surface area (Å²) in [6.07, 6.45) is 12.2. The molecule has 0 amide bonds. The molecule has 0 saturated heterocycles. The van der Waals surface area contributed by atoms with Crippen LogP contribution in [0.4, 0.5) is 0 Å². The first kappa shape index (κ1) is 60.5. The van der Waals surface area contributed by atoms with Crippen LogP contribution in [0.25, 0.3) is 0 Å². The Balaban J connectivity index is 7.59. The monoisotopic (exact) mass is 921 g/mol. The first-order valence-corrected chi connectivity index (χ1v) is 21.2. The standard InChI is InChI=1S/C49H76O16/c1-13-21-54-29-45(9,30-55-22-14-2)41(50)62-37-49(38-63-42(51)46(10,31-56-23-15-3)32-57-24-16-4,39-64-43(52)47(11,33-58-25-17-5)34-59-26-18-6)40-65-44(53)48(12,35-60-27-19-7)36-61-28-20-8/h13-20H,1-8,21-40H2,9-12H3. The fourth-order valence-corrected chi connectivity index (χ4v) is 5.40. The second-order valence-electron chi connectivity index (χ2n) is 16.5. The Morgan fingerprint density at radius 2 is 0.431 bits per heavy atom. The summed E-state index contributed by atoms with van der Waals surface area (Å²) in [6.45, 7) is 33.0. The Kier molecular flexibility index (Phi) is 31.5. The molecule has 0 aromatic heterocycles. The van der Waals surface area contributed by atoms with Crippen molar-refractivity contribution in [2.24, 2.45) is 27.1 Å². The molecule has 0 aromatic rings. The van der Waals surface area contributed by atoms with Crippen molar-refractivity contribution in [2.45, 2.75) is 27.7 Å². The van der Waals surface area contributed by atoms with Crippen molar-refractivity contribution in [1.82, 2.24) is 0 Å². The molecule has 0 atom stereocenters. The Bertz CT molecular complexity index is 1220. The largest absolute Gasteiger partial charge is 0.464 e. The molecule has 0 aliphatic rings. The highest BCUT2D eigenvalue weighted by Crippen LogP contribution is 2.31. The van der Waals surface area contributed by atoms with Gasteiger partial charge in [0.1, 0.15) is 53.5 Å². The molecule has 0 bridgehead atoms. The molecule has 0 aromatic carbocycles. The number of carbonyl (C=O) groups excluding carboxylic acids is 4. The molecule has 16 heteroatoms. The molecule has 0 rings (SSSR count). The molecule has 16 nitrogen and oxygen atoms in total. The van der Waals surface area contributed by atoms with Crippen molar-refractivity contribution >= 4 is 23.9 Å². The summed E-state index contributed by atoms with van der Waals surface area (Å²) in [5, 5.41) is 0. The Hall–Kier alpha value is -4.52. The SMILES string of the molecule is C=CCOCC(C)(COCC=C)C(=O)OCC(COC(=O)C(C)(COCC=C)COCC=C)(COC(=O)C(C)(COCC=C)COCC=C)COC(=O)C(C)(COCC=C)COCC=C. The summed E-state index contributed by atoms with van der Waals surface area (Å²) in [6, 6.07) is 0. The molecule has 0 unspecified atom stereocenters. The molecular weight excluding hydrogens is 845 g/mol. The van der Waals surface area contributed by atoms with Gasteiger partial charge in [-0.1, -0.05) is 48.6 Å². The molecule has 0 radical (unpaired) electrons. The highest BCUT2D eigenvalue weighted by atomic mass is 16.6. The van der Waals surface area contributed by atoms with Gasteiger partial charge in [0.05, 0.1) is 106 Å². The number of hydrogen-bond donors (Lipinski definition) is 0. The normalized spacial score (nSPS) is 12.0. The van der Waals surface area contributed by atoms with Crippen LogP contribution in [0.3, 0.4) is 0 Å². The average Bonchev–Trinajstić information content (AvgIpc) is 3.28. The van der Waals surface area contributed by atoms with Crippen LogP contribution in [0.1, 0.15) is 27.7 Å². The second kappa shape index (κ2) is 33.9. The van der Waals surface area contributed by atoms with Gasteiger partial charge >= 0.3 is 23.9 Å². The number of hydrogen-bond acceptors (Lipinski definition) is 16. The van der Waals surface area contributed by atoms with E-state index in [-0.39, 0.29) is 106 Å². The van der Waals surface area contributed by atoms with E-state index in [4.69, 9.17) is 56.8 Å². The fourth-order valence-electron chi connectivity index (χ4n) is 5.40. The first-order valence-electron chi connectivity index (χ1n) is 21.2. The van der Waals surface area contributed by atoms with Crippen LogP contribution in [0.15, 0.2) is 101 Å². The van der Waals surface area contributed by atoms with E-state index < -0.39 is 77.4 Å². The van der Waals surface area contributed by atoms with Crippen molar-refractivity contribution in [2.75, 3.05) is 132 Å². The van der Waals surface area contributed by atoms with Gasteiger partial charge in [0.15, 0.2) is 0 Å². The van der Waals surface area contributed by atoms with E-state index >= 15 is 0 Å². The minimum atomic E-state index is -1.78. The third kappa shape index (κ3) is 23.5. The summed E-state index contributed by atoms with van der Waals surface area (Å²) >= 11 is 0. The molecule has 368 valence electrons. The lowest BCUT2D eigenvalue weighted by Crippen LogP contribution is -2.50. The van der Waals surface area contributed by atoms with E-state index in [9.17, 15) is 19.2 Å². The third-order valence-electron chi connectivity index (χ3n) is 9.26. The molecule has 0 spiro atoms. The van der Waals surface area contributed by atoms with Gasteiger partial charge in [-0.05, 0) is 27.7 Å². The molecule has 0 aliphatic carbocycles. The maximum atomic E-state index is 14.2. The molecule has 0 heterocycles. The predicted molar refractivity (Wildman–Crippen MR) is 247 cm³/mol. The summed E-state index contributed by atoms with van der Waals surface area (Å²) in [7, 11) is 0. The lowest BCUT2D eigenvalue weighted by atomic mass is 9.88. The van der Waals surface area contributed by atoms with E-state index in [2.05, 4.69) is 52.6 Å². The van der Waals surface area contributed by atoms with Crippen molar-refractivity contribution < 1.29 is 76.0 Å². The van der Waals surface area contributed by atoms with Gasteiger partial charge in [-0.15, -0.1) is 52.6 Å². The van der Waals surface area contributed by atoms with Crippen molar-refractivity contribution in [1.29, 1.82) is 0 Å². The topological polar surface area (TPSA) is 179 Å². The Morgan fingerprint density at radius 1 is 0.292 bits per heavy atom. The molecule has 0 aliphatic heterocycles. The van der Waals surface area contributed by atoms with Gasteiger partial charge in [-0.2, -0.15) is 0 Å². The van der Waals surface area contributed by atoms with E-state index in [1.54, 1.807) is 27.7 Å². The number of rotatable bonds is 44. The maximum absolute atomic E-state index is 14.2. The van der Waals surface area contributed by atoms with Gasteiger partial charge in [0.2, 0.25) is 0 Å². The summed E-state index contributed by atoms with van der Waals surface area (Å²) in [5.74, 6) is -3.17. The number of carbonyl (C=O) groups is 4. The van der Waals surface area contributed by atoms with Gasteiger partial charge in [-0.3, -0.25) is 19.2 Å². The van der Waals surface area contributed by atoms with Crippen LogP contribution < -0.4 is 0 Å². The zero-order valence-corrected chi connectivity index (χ0v) is 39.4. The zero-order chi connectivity index (χ0) is 49.1. The maximum Gasteiger partial charge on any atom is 0.316 e.